The Bertz CT molecular complexity index is 297. The second kappa shape index (κ2) is 4.51. The summed E-state index contributed by atoms with van der Waals surface area (Å²) in [5.41, 5.74) is 0. The number of hydrogen-bond donors (Lipinski definition) is 0. The van der Waals surface area contributed by atoms with E-state index in [1.807, 2.05) is 18.3 Å². The van der Waals surface area contributed by atoms with Crippen LogP contribution in [0.4, 0.5) is 0 Å². The third-order valence-corrected chi connectivity index (χ3v) is 2.69. The highest BCUT2D eigenvalue weighted by atomic mass is 32.1. The summed E-state index contributed by atoms with van der Waals surface area (Å²) in [5.74, 6) is 0. The zero-order chi connectivity index (χ0) is 8.97. The van der Waals surface area contributed by atoms with Crippen LogP contribution < -0.4 is 0 Å². The molecule has 0 fully saturated rings. The standard InChI is InChI=1S/C9H11NS2/c1-7(10-6-11)5-9-4-3-8(2)12-9/h3-4,7H,5H2,1-2H3. The van der Waals surface area contributed by atoms with Crippen LogP contribution in [0.5, 0.6) is 0 Å². The highest BCUT2D eigenvalue weighted by molar-refractivity contribution is 7.78. The number of aryl methyl sites for hydroxylation is 1. The lowest BCUT2D eigenvalue weighted by atomic mass is 10.2. The summed E-state index contributed by atoms with van der Waals surface area (Å²) in [6.45, 7) is 4.16. The molecule has 12 heavy (non-hydrogen) atoms. The Hall–Kier alpha value is -0.500. The van der Waals surface area contributed by atoms with E-state index in [9.17, 15) is 0 Å². The normalized spacial score (nSPS) is 12.2. The van der Waals surface area contributed by atoms with Gasteiger partial charge in [-0.15, -0.1) is 11.3 Å². The molecule has 0 aliphatic carbocycles. The minimum Gasteiger partial charge on any atom is -0.229 e. The molecule has 0 amide bonds. The number of hydrogen-bond acceptors (Lipinski definition) is 3. The number of rotatable bonds is 3. The first-order chi connectivity index (χ1) is 5.72. The van der Waals surface area contributed by atoms with E-state index < -0.39 is 0 Å². The Morgan fingerprint density at radius 2 is 2.42 bits per heavy atom. The van der Waals surface area contributed by atoms with Crippen molar-refractivity contribution in [1.82, 2.24) is 0 Å². The summed E-state index contributed by atoms with van der Waals surface area (Å²) >= 11 is 6.36. The van der Waals surface area contributed by atoms with Gasteiger partial charge >= 0.3 is 0 Å². The highest BCUT2D eigenvalue weighted by Gasteiger charge is 2.02. The molecule has 3 heteroatoms. The van der Waals surface area contributed by atoms with Gasteiger partial charge in [0.1, 0.15) is 0 Å². The van der Waals surface area contributed by atoms with E-state index in [1.54, 1.807) is 0 Å². The Morgan fingerprint density at radius 3 is 2.92 bits per heavy atom. The Kier molecular flexibility index (Phi) is 3.60. The summed E-state index contributed by atoms with van der Waals surface area (Å²) in [4.78, 5) is 6.72. The maximum absolute atomic E-state index is 4.54. The zero-order valence-electron chi connectivity index (χ0n) is 7.20. The first kappa shape index (κ1) is 9.59. The van der Waals surface area contributed by atoms with E-state index >= 15 is 0 Å². The molecule has 1 rings (SSSR count). The van der Waals surface area contributed by atoms with Crippen LogP contribution in [0.3, 0.4) is 0 Å². The summed E-state index contributed by atoms with van der Waals surface area (Å²) in [7, 11) is 0. The summed E-state index contributed by atoms with van der Waals surface area (Å²) in [5, 5.41) is 2.41. The van der Waals surface area contributed by atoms with Gasteiger partial charge in [-0.2, -0.15) is 0 Å². The molecule has 1 atom stereocenters. The van der Waals surface area contributed by atoms with Crippen LogP contribution >= 0.6 is 23.6 Å². The van der Waals surface area contributed by atoms with Crippen molar-refractivity contribution in [2.45, 2.75) is 26.3 Å². The molecule has 1 heterocycles. The molecule has 1 aromatic rings. The van der Waals surface area contributed by atoms with Crippen LogP contribution in [-0.4, -0.2) is 11.2 Å². The van der Waals surface area contributed by atoms with Gasteiger partial charge in [0, 0.05) is 16.2 Å². The third-order valence-electron chi connectivity index (χ3n) is 1.57. The summed E-state index contributed by atoms with van der Waals surface area (Å²) in [6, 6.07) is 4.55. The maximum Gasteiger partial charge on any atom is 0.0622 e. The van der Waals surface area contributed by atoms with Gasteiger partial charge < -0.3 is 0 Å². The fourth-order valence-electron chi connectivity index (χ4n) is 1.02. The van der Waals surface area contributed by atoms with Crippen molar-refractivity contribution in [2.75, 3.05) is 0 Å². The fourth-order valence-corrected chi connectivity index (χ4v) is 2.21. The van der Waals surface area contributed by atoms with Gasteiger partial charge in [0.25, 0.3) is 0 Å². The summed E-state index contributed by atoms with van der Waals surface area (Å²) < 4.78 is 0. The quantitative estimate of drug-likeness (QED) is 0.536. The molecule has 0 spiro atoms. The van der Waals surface area contributed by atoms with Crippen LogP contribution in [0.15, 0.2) is 17.1 Å². The smallest absolute Gasteiger partial charge is 0.0622 e. The molecule has 0 aliphatic rings. The van der Waals surface area contributed by atoms with Crippen molar-refractivity contribution in [3.05, 3.63) is 21.9 Å². The molecule has 0 radical (unpaired) electrons. The zero-order valence-corrected chi connectivity index (χ0v) is 8.84. The largest absolute Gasteiger partial charge is 0.229 e. The van der Waals surface area contributed by atoms with E-state index in [0.29, 0.717) is 0 Å². The SMILES string of the molecule is Cc1ccc(CC(C)N=C=S)s1. The van der Waals surface area contributed by atoms with Crippen molar-refractivity contribution in [2.24, 2.45) is 4.99 Å². The Balaban J connectivity index is 2.57. The van der Waals surface area contributed by atoms with Crippen LogP contribution in [0.2, 0.25) is 0 Å². The van der Waals surface area contributed by atoms with Gasteiger partial charge in [0.2, 0.25) is 0 Å². The van der Waals surface area contributed by atoms with E-state index in [-0.39, 0.29) is 6.04 Å². The first-order valence-corrected chi connectivity index (χ1v) is 5.07. The average molecular weight is 197 g/mol. The number of isothiocyanates is 1. The lowest BCUT2D eigenvalue weighted by Gasteiger charge is -1.99. The van der Waals surface area contributed by atoms with Crippen molar-refractivity contribution < 1.29 is 0 Å². The van der Waals surface area contributed by atoms with Gasteiger partial charge in [-0.25, -0.2) is 4.99 Å². The van der Waals surface area contributed by atoms with Crippen LogP contribution in [-0.2, 0) is 6.42 Å². The molecule has 64 valence electrons. The van der Waals surface area contributed by atoms with Gasteiger partial charge in [-0.05, 0) is 38.2 Å². The summed E-state index contributed by atoms with van der Waals surface area (Å²) in [6.07, 6.45) is 0.974. The second-order valence-electron chi connectivity index (χ2n) is 2.79. The van der Waals surface area contributed by atoms with Crippen LogP contribution in [0.1, 0.15) is 16.7 Å². The number of nitrogens with zero attached hydrogens (tertiary/aromatic N) is 1. The van der Waals surface area contributed by atoms with E-state index in [4.69, 9.17) is 0 Å². The molecular weight excluding hydrogens is 186 g/mol. The molecule has 1 unspecified atom stereocenters. The van der Waals surface area contributed by atoms with Gasteiger partial charge in [-0.1, -0.05) is 0 Å². The average Bonchev–Trinajstić information content (AvgIpc) is 2.36. The second-order valence-corrected chi connectivity index (χ2v) is 4.34. The fraction of sp³-hybridized carbons (Fsp3) is 0.444. The molecule has 0 aromatic carbocycles. The van der Waals surface area contributed by atoms with Crippen LogP contribution in [0, 0.1) is 6.92 Å². The topological polar surface area (TPSA) is 12.4 Å². The number of thiophene rings is 1. The van der Waals surface area contributed by atoms with Gasteiger partial charge in [-0.3, -0.25) is 0 Å². The monoisotopic (exact) mass is 197 g/mol. The molecule has 0 aliphatic heterocycles. The predicted molar refractivity (Wildman–Crippen MR) is 57.2 cm³/mol. The van der Waals surface area contributed by atoms with Crippen molar-refractivity contribution in [3.8, 4) is 0 Å². The predicted octanol–water partition coefficient (Wildman–Crippen LogP) is 3.09. The molecule has 0 saturated heterocycles. The van der Waals surface area contributed by atoms with E-state index in [1.165, 1.54) is 9.75 Å². The first-order valence-electron chi connectivity index (χ1n) is 3.84. The minimum absolute atomic E-state index is 0.264. The maximum atomic E-state index is 4.54. The minimum atomic E-state index is 0.264. The third kappa shape index (κ3) is 2.86. The van der Waals surface area contributed by atoms with E-state index in [2.05, 4.69) is 41.4 Å². The lowest BCUT2D eigenvalue weighted by Crippen LogP contribution is -1.99. The van der Waals surface area contributed by atoms with Gasteiger partial charge in [0.15, 0.2) is 0 Å². The van der Waals surface area contributed by atoms with Crippen molar-refractivity contribution in [3.63, 3.8) is 0 Å². The van der Waals surface area contributed by atoms with Crippen molar-refractivity contribution in [1.29, 1.82) is 0 Å². The molecular formula is C9H11NS2. The molecule has 1 nitrogen and oxygen atoms in total. The van der Waals surface area contributed by atoms with Crippen LogP contribution in [0.25, 0.3) is 0 Å². The molecule has 0 N–H and O–H groups in total. The Morgan fingerprint density at radius 1 is 1.67 bits per heavy atom. The Labute approximate surface area is 82.2 Å². The lowest BCUT2D eigenvalue weighted by molar-refractivity contribution is 0.754. The number of aliphatic imine (C=N–C) groups is 1. The van der Waals surface area contributed by atoms with E-state index in [0.717, 1.165) is 6.42 Å². The molecule has 0 bridgehead atoms. The molecule has 1 aromatic heterocycles. The molecule has 0 saturated carbocycles. The highest BCUT2D eigenvalue weighted by Crippen LogP contribution is 2.17. The van der Waals surface area contributed by atoms with Crippen molar-refractivity contribution >= 4 is 28.7 Å². The number of thiocarbonyl (C=S) groups is 1. The van der Waals surface area contributed by atoms with Gasteiger partial charge in [0.05, 0.1) is 11.2 Å².